The Kier molecular flexibility index (Phi) is 4.17. The number of benzene rings is 2. The van der Waals surface area contributed by atoms with E-state index in [-0.39, 0.29) is 5.91 Å². The highest BCUT2D eigenvalue weighted by Crippen LogP contribution is 2.34. The van der Waals surface area contributed by atoms with E-state index in [0.717, 1.165) is 39.9 Å². The van der Waals surface area contributed by atoms with Crippen molar-refractivity contribution in [2.24, 2.45) is 0 Å². The van der Waals surface area contributed by atoms with Crippen LogP contribution in [0.2, 0.25) is 0 Å². The smallest absolute Gasteiger partial charge is 0.251 e. The maximum atomic E-state index is 12.6. The SMILES string of the molecule is O=C(/C=C/c1ccc2c(c1)OCCO2)N1CCSc2ccccc21. The Labute approximate surface area is 145 Å². The Bertz CT molecular complexity index is 803. The predicted octanol–water partition coefficient (Wildman–Crippen LogP) is 3.61. The Morgan fingerprint density at radius 2 is 1.92 bits per heavy atom. The lowest BCUT2D eigenvalue weighted by atomic mass is 10.1. The summed E-state index contributed by atoms with van der Waals surface area (Å²) in [5.74, 6) is 2.40. The van der Waals surface area contributed by atoms with Crippen molar-refractivity contribution < 1.29 is 14.3 Å². The molecule has 1 amide bonds. The molecule has 0 aliphatic carbocycles. The molecular weight excluding hydrogens is 322 g/mol. The second-order valence-corrected chi connectivity index (χ2v) is 6.68. The standard InChI is InChI=1S/C19H17NO3S/c21-19(20-9-12-24-18-4-2-1-3-15(18)20)8-6-14-5-7-16-17(13-14)23-11-10-22-16/h1-8,13H,9-12H2/b8-6+. The normalized spacial score (nSPS) is 16.1. The first kappa shape index (κ1) is 15.1. The van der Waals surface area contributed by atoms with E-state index in [1.54, 1.807) is 17.8 Å². The zero-order valence-corrected chi connectivity index (χ0v) is 13.9. The summed E-state index contributed by atoms with van der Waals surface area (Å²) in [5, 5.41) is 0. The Hall–Kier alpha value is -2.40. The van der Waals surface area contributed by atoms with E-state index in [2.05, 4.69) is 6.07 Å². The van der Waals surface area contributed by atoms with E-state index < -0.39 is 0 Å². The van der Waals surface area contributed by atoms with Crippen molar-refractivity contribution in [3.63, 3.8) is 0 Å². The predicted molar refractivity (Wildman–Crippen MR) is 96.0 cm³/mol. The van der Waals surface area contributed by atoms with Gasteiger partial charge in [0, 0.05) is 23.3 Å². The molecule has 2 heterocycles. The lowest BCUT2D eigenvalue weighted by Gasteiger charge is -2.28. The molecule has 0 unspecified atom stereocenters. The molecule has 0 N–H and O–H groups in total. The molecule has 2 aliphatic rings. The summed E-state index contributed by atoms with van der Waals surface area (Å²) in [6.07, 6.45) is 3.45. The minimum absolute atomic E-state index is 0.00219. The summed E-state index contributed by atoms with van der Waals surface area (Å²) in [6, 6.07) is 13.7. The first-order chi connectivity index (χ1) is 11.8. The van der Waals surface area contributed by atoms with Crippen LogP contribution in [0.5, 0.6) is 11.5 Å². The second kappa shape index (κ2) is 6.61. The molecule has 0 atom stereocenters. The number of carbonyl (C=O) groups excluding carboxylic acids is 1. The lowest BCUT2D eigenvalue weighted by Crippen LogP contribution is -2.34. The lowest BCUT2D eigenvalue weighted by molar-refractivity contribution is -0.114. The molecule has 5 heteroatoms. The number of rotatable bonds is 2. The van der Waals surface area contributed by atoms with Crippen molar-refractivity contribution in [2.75, 3.05) is 30.4 Å². The molecule has 0 radical (unpaired) electrons. The fourth-order valence-corrected chi connectivity index (χ4v) is 3.81. The fourth-order valence-electron chi connectivity index (χ4n) is 2.82. The number of anilines is 1. The van der Waals surface area contributed by atoms with Crippen molar-refractivity contribution >= 4 is 29.4 Å². The Balaban J connectivity index is 1.53. The van der Waals surface area contributed by atoms with Crippen molar-refractivity contribution in [1.82, 2.24) is 0 Å². The molecule has 2 aromatic rings. The summed E-state index contributed by atoms with van der Waals surface area (Å²) in [5.41, 5.74) is 1.91. The molecule has 2 aromatic carbocycles. The molecular formula is C19H17NO3S. The number of fused-ring (bicyclic) bond motifs is 2. The van der Waals surface area contributed by atoms with Crippen LogP contribution in [-0.2, 0) is 4.79 Å². The quantitative estimate of drug-likeness (QED) is 0.784. The van der Waals surface area contributed by atoms with Gasteiger partial charge in [-0.15, -0.1) is 11.8 Å². The summed E-state index contributed by atoms with van der Waals surface area (Å²) < 4.78 is 11.1. The molecule has 0 aromatic heterocycles. The van der Waals surface area contributed by atoms with E-state index >= 15 is 0 Å². The number of hydrogen-bond acceptors (Lipinski definition) is 4. The number of para-hydroxylation sites is 1. The van der Waals surface area contributed by atoms with Crippen LogP contribution in [0.15, 0.2) is 53.4 Å². The van der Waals surface area contributed by atoms with Crippen LogP contribution in [0.4, 0.5) is 5.69 Å². The van der Waals surface area contributed by atoms with Crippen LogP contribution in [0.3, 0.4) is 0 Å². The molecule has 0 spiro atoms. The summed E-state index contributed by atoms with van der Waals surface area (Å²) in [6.45, 7) is 1.86. The van der Waals surface area contributed by atoms with Crippen LogP contribution in [-0.4, -0.2) is 31.4 Å². The molecule has 2 aliphatic heterocycles. The number of amides is 1. The van der Waals surface area contributed by atoms with Gasteiger partial charge in [0.2, 0.25) is 0 Å². The van der Waals surface area contributed by atoms with Crippen LogP contribution >= 0.6 is 11.8 Å². The minimum Gasteiger partial charge on any atom is -0.486 e. The van der Waals surface area contributed by atoms with E-state index in [1.807, 2.05) is 47.4 Å². The fraction of sp³-hybridized carbons (Fsp3) is 0.211. The topological polar surface area (TPSA) is 38.8 Å². The third-order valence-corrected chi connectivity index (χ3v) is 5.02. The van der Waals surface area contributed by atoms with Crippen LogP contribution in [0.1, 0.15) is 5.56 Å². The average Bonchev–Trinajstić information content (AvgIpc) is 2.65. The van der Waals surface area contributed by atoms with Crippen LogP contribution in [0, 0.1) is 0 Å². The summed E-state index contributed by atoms with van der Waals surface area (Å²) >= 11 is 1.79. The van der Waals surface area contributed by atoms with Crippen molar-refractivity contribution in [2.45, 2.75) is 4.90 Å². The third-order valence-electron chi connectivity index (χ3n) is 3.98. The minimum atomic E-state index is -0.00219. The van der Waals surface area contributed by atoms with Gasteiger partial charge in [0.05, 0.1) is 5.69 Å². The maximum absolute atomic E-state index is 12.6. The first-order valence-electron chi connectivity index (χ1n) is 7.92. The van der Waals surface area contributed by atoms with Gasteiger partial charge in [-0.1, -0.05) is 18.2 Å². The average molecular weight is 339 g/mol. The van der Waals surface area contributed by atoms with Gasteiger partial charge in [-0.25, -0.2) is 0 Å². The number of ether oxygens (including phenoxy) is 2. The largest absolute Gasteiger partial charge is 0.486 e. The maximum Gasteiger partial charge on any atom is 0.251 e. The van der Waals surface area contributed by atoms with Gasteiger partial charge in [-0.2, -0.15) is 0 Å². The van der Waals surface area contributed by atoms with Crippen molar-refractivity contribution in [3.05, 3.63) is 54.1 Å². The highest BCUT2D eigenvalue weighted by molar-refractivity contribution is 7.99. The Morgan fingerprint density at radius 1 is 1.08 bits per heavy atom. The molecule has 122 valence electrons. The molecule has 0 bridgehead atoms. The van der Waals surface area contributed by atoms with E-state index in [9.17, 15) is 4.79 Å². The zero-order valence-electron chi connectivity index (χ0n) is 13.1. The van der Waals surface area contributed by atoms with E-state index in [1.165, 1.54) is 0 Å². The zero-order chi connectivity index (χ0) is 16.4. The van der Waals surface area contributed by atoms with Crippen LogP contribution < -0.4 is 14.4 Å². The van der Waals surface area contributed by atoms with Gasteiger partial charge >= 0.3 is 0 Å². The monoisotopic (exact) mass is 339 g/mol. The number of thioether (sulfide) groups is 1. The molecule has 4 rings (SSSR count). The van der Waals surface area contributed by atoms with Crippen molar-refractivity contribution in [3.8, 4) is 11.5 Å². The molecule has 0 fully saturated rings. The van der Waals surface area contributed by atoms with Crippen molar-refractivity contribution in [1.29, 1.82) is 0 Å². The highest BCUT2D eigenvalue weighted by atomic mass is 32.2. The number of carbonyl (C=O) groups is 1. The van der Waals surface area contributed by atoms with E-state index in [4.69, 9.17) is 9.47 Å². The van der Waals surface area contributed by atoms with Gasteiger partial charge in [-0.05, 0) is 35.9 Å². The summed E-state index contributed by atoms with van der Waals surface area (Å²) in [4.78, 5) is 15.6. The molecule has 24 heavy (non-hydrogen) atoms. The van der Waals surface area contributed by atoms with Gasteiger partial charge in [0.15, 0.2) is 11.5 Å². The van der Waals surface area contributed by atoms with E-state index in [0.29, 0.717) is 13.2 Å². The van der Waals surface area contributed by atoms with Crippen LogP contribution in [0.25, 0.3) is 6.08 Å². The third kappa shape index (κ3) is 2.99. The second-order valence-electron chi connectivity index (χ2n) is 5.54. The summed E-state index contributed by atoms with van der Waals surface area (Å²) in [7, 11) is 0. The first-order valence-corrected chi connectivity index (χ1v) is 8.91. The number of hydrogen-bond donors (Lipinski definition) is 0. The highest BCUT2D eigenvalue weighted by Gasteiger charge is 2.20. The molecule has 4 nitrogen and oxygen atoms in total. The van der Waals surface area contributed by atoms with Gasteiger partial charge < -0.3 is 14.4 Å². The van der Waals surface area contributed by atoms with Gasteiger partial charge in [0.25, 0.3) is 5.91 Å². The number of nitrogens with zero attached hydrogens (tertiary/aromatic N) is 1. The van der Waals surface area contributed by atoms with Gasteiger partial charge in [0.1, 0.15) is 13.2 Å². The Morgan fingerprint density at radius 3 is 2.83 bits per heavy atom. The molecule has 0 saturated heterocycles. The molecule has 0 saturated carbocycles. The van der Waals surface area contributed by atoms with Gasteiger partial charge in [-0.3, -0.25) is 4.79 Å².